The van der Waals surface area contributed by atoms with Crippen molar-refractivity contribution in [1.82, 2.24) is 15.1 Å². The van der Waals surface area contributed by atoms with E-state index in [1.807, 2.05) is 0 Å². The smallest absolute Gasteiger partial charge is 0.469 e. The van der Waals surface area contributed by atoms with Crippen molar-refractivity contribution in [1.29, 1.82) is 0 Å². The molecule has 26 heavy (non-hydrogen) atoms. The molecule has 1 heterocycles. The fourth-order valence-electron chi connectivity index (χ4n) is 4.35. The number of rotatable bonds is 5. The maximum atomic E-state index is 12.2. The molecule has 4 saturated carbocycles. The van der Waals surface area contributed by atoms with E-state index in [-0.39, 0.29) is 36.3 Å². The average Bonchev–Trinajstić information content (AvgIpc) is 2.90. The monoisotopic (exact) mass is 373 g/mol. The van der Waals surface area contributed by atoms with Crippen LogP contribution in [0.1, 0.15) is 42.5 Å². The topological polar surface area (TPSA) is 82.5 Å². The van der Waals surface area contributed by atoms with Gasteiger partial charge in [0.15, 0.2) is 0 Å². The lowest BCUT2D eigenvalue weighted by Gasteiger charge is -2.67. The van der Waals surface area contributed by atoms with Crippen molar-refractivity contribution >= 4 is 11.9 Å². The van der Waals surface area contributed by atoms with Gasteiger partial charge in [0.05, 0.1) is 35.9 Å². The third kappa shape index (κ3) is 2.67. The number of halogens is 3. The Morgan fingerprint density at radius 3 is 2.54 bits per heavy atom. The molecule has 1 aromatic rings. The molecule has 4 fully saturated rings. The molecule has 10 heteroatoms. The Morgan fingerprint density at radius 1 is 1.31 bits per heavy atom. The second-order valence-electron chi connectivity index (χ2n) is 7.53. The molecular formula is C16H18F3N3O4. The highest BCUT2D eigenvalue weighted by Crippen LogP contribution is 2.71. The van der Waals surface area contributed by atoms with Crippen molar-refractivity contribution in [2.75, 3.05) is 7.11 Å². The number of nitrogens with one attached hydrogen (secondary N) is 1. The second kappa shape index (κ2) is 5.45. The van der Waals surface area contributed by atoms with Gasteiger partial charge in [-0.1, -0.05) is 0 Å². The molecular weight excluding hydrogens is 355 g/mol. The molecule has 142 valence electrons. The van der Waals surface area contributed by atoms with Crippen LogP contribution >= 0.6 is 0 Å². The summed E-state index contributed by atoms with van der Waals surface area (Å²) in [6.07, 6.45) is -0.294. The summed E-state index contributed by atoms with van der Waals surface area (Å²) in [5.41, 5.74) is -0.278. The van der Waals surface area contributed by atoms with E-state index in [1.54, 1.807) is 10.9 Å². The molecule has 0 aromatic carbocycles. The average molecular weight is 373 g/mol. The minimum Gasteiger partial charge on any atom is -0.469 e. The lowest BCUT2D eigenvalue weighted by molar-refractivity contribution is -0.351. The van der Waals surface area contributed by atoms with Crippen LogP contribution in [0.3, 0.4) is 0 Å². The summed E-state index contributed by atoms with van der Waals surface area (Å²) >= 11 is 0. The molecule has 0 radical (unpaired) electrons. The third-order valence-electron chi connectivity index (χ3n) is 5.68. The zero-order valence-electron chi connectivity index (χ0n) is 14.0. The van der Waals surface area contributed by atoms with Crippen molar-refractivity contribution in [2.45, 2.75) is 56.2 Å². The van der Waals surface area contributed by atoms with Crippen molar-refractivity contribution in [3.8, 4) is 0 Å². The Labute approximate surface area is 146 Å². The first-order chi connectivity index (χ1) is 12.1. The van der Waals surface area contributed by atoms with Gasteiger partial charge in [0.25, 0.3) is 5.91 Å². The fraction of sp³-hybridized carbons (Fsp3) is 0.688. The van der Waals surface area contributed by atoms with Crippen molar-refractivity contribution in [2.24, 2.45) is 5.41 Å². The van der Waals surface area contributed by atoms with E-state index in [0.717, 1.165) is 0 Å². The predicted molar refractivity (Wildman–Crippen MR) is 79.9 cm³/mol. The van der Waals surface area contributed by atoms with Gasteiger partial charge >= 0.3 is 12.3 Å². The van der Waals surface area contributed by atoms with Crippen LogP contribution in [0.5, 0.6) is 0 Å². The normalized spacial score (nSPS) is 34.9. The van der Waals surface area contributed by atoms with Crippen LogP contribution in [0.4, 0.5) is 13.2 Å². The highest BCUT2D eigenvalue weighted by atomic mass is 19.4. The van der Waals surface area contributed by atoms with Crippen LogP contribution in [0.15, 0.2) is 12.4 Å². The van der Waals surface area contributed by atoms with E-state index in [2.05, 4.69) is 15.2 Å². The second-order valence-corrected chi connectivity index (χ2v) is 7.53. The van der Waals surface area contributed by atoms with Gasteiger partial charge < -0.3 is 10.1 Å². The molecule has 5 rings (SSSR count). The molecule has 0 aliphatic heterocycles. The van der Waals surface area contributed by atoms with Crippen LogP contribution in [-0.4, -0.2) is 47.3 Å². The number of methoxy groups -OCH3 is 1. The Morgan fingerprint density at radius 2 is 1.96 bits per heavy atom. The number of amides is 1. The third-order valence-corrected chi connectivity index (χ3v) is 5.68. The molecule has 1 N–H and O–H groups in total. The van der Waals surface area contributed by atoms with Gasteiger partial charge in [0, 0.05) is 12.2 Å². The molecule has 1 amide bonds. The quantitative estimate of drug-likeness (QED) is 0.795. The van der Waals surface area contributed by atoms with Crippen LogP contribution in [0.2, 0.25) is 0 Å². The zero-order valence-corrected chi connectivity index (χ0v) is 14.0. The number of hydrogen-bond donors (Lipinski definition) is 1. The summed E-state index contributed by atoms with van der Waals surface area (Å²) < 4.78 is 46.7. The number of alkyl halides is 3. The number of esters is 1. The SMILES string of the molecule is COC(=O)C12CC(n3cc(C(=O)NC4CC(OC(F)(F)F)C4)cn3)(C1)C2. The molecule has 4 aliphatic rings. The Balaban J connectivity index is 1.29. The largest absolute Gasteiger partial charge is 0.522 e. The van der Waals surface area contributed by atoms with Crippen molar-refractivity contribution in [3.05, 3.63) is 18.0 Å². The molecule has 0 atom stereocenters. The summed E-state index contributed by atoms with van der Waals surface area (Å²) in [7, 11) is 1.37. The first-order valence-corrected chi connectivity index (χ1v) is 8.34. The molecule has 2 bridgehead atoms. The number of hydrogen-bond acceptors (Lipinski definition) is 5. The van der Waals surface area contributed by atoms with Crippen molar-refractivity contribution < 1.29 is 32.2 Å². The first kappa shape index (κ1) is 17.3. The highest BCUT2D eigenvalue weighted by molar-refractivity contribution is 5.94. The Bertz CT molecular complexity index is 734. The Hall–Kier alpha value is -2.10. The van der Waals surface area contributed by atoms with Gasteiger partial charge in [-0.05, 0) is 32.1 Å². The van der Waals surface area contributed by atoms with Crippen LogP contribution in [0, 0.1) is 5.41 Å². The first-order valence-electron chi connectivity index (χ1n) is 8.34. The van der Waals surface area contributed by atoms with Crippen LogP contribution < -0.4 is 5.32 Å². The van der Waals surface area contributed by atoms with Crippen LogP contribution in [-0.2, 0) is 19.8 Å². The van der Waals surface area contributed by atoms with Gasteiger partial charge in [0.2, 0.25) is 0 Å². The fourth-order valence-corrected chi connectivity index (χ4v) is 4.35. The van der Waals surface area contributed by atoms with Gasteiger partial charge in [-0.15, -0.1) is 13.2 Å². The van der Waals surface area contributed by atoms with E-state index in [1.165, 1.54) is 13.3 Å². The van der Waals surface area contributed by atoms with Gasteiger partial charge in [-0.3, -0.25) is 19.0 Å². The molecule has 7 nitrogen and oxygen atoms in total. The highest BCUT2D eigenvalue weighted by Gasteiger charge is 2.74. The molecule has 0 saturated heterocycles. The maximum absolute atomic E-state index is 12.2. The molecule has 4 aliphatic carbocycles. The minimum atomic E-state index is -4.65. The Kier molecular flexibility index (Phi) is 3.63. The number of aromatic nitrogens is 2. The van der Waals surface area contributed by atoms with Crippen molar-refractivity contribution in [3.63, 3.8) is 0 Å². The zero-order chi connectivity index (χ0) is 18.7. The van der Waals surface area contributed by atoms with E-state index in [0.29, 0.717) is 24.8 Å². The van der Waals surface area contributed by atoms with Crippen LogP contribution in [0.25, 0.3) is 0 Å². The summed E-state index contributed by atoms with van der Waals surface area (Å²) in [4.78, 5) is 23.9. The molecule has 1 aromatic heterocycles. The van der Waals surface area contributed by atoms with Gasteiger partial charge in [-0.25, -0.2) is 0 Å². The lowest BCUT2D eigenvalue weighted by atomic mass is 9.39. The summed E-state index contributed by atoms with van der Waals surface area (Å²) in [6.45, 7) is 0. The summed E-state index contributed by atoms with van der Waals surface area (Å²) in [6, 6.07) is -0.337. The van der Waals surface area contributed by atoms with E-state index in [9.17, 15) is 22.8 Å². The minimum absolute atomic E-state index is 0.130. The van der Waals surface area contributed by atoms with Gasteiger partial charge in [0.1, 0.15) is 0 Å². The number of carbonyl (C=O) groups is 2. The summed E-state index contributed by atoms with van der Waals surface area (Å²) in [5.74, 6) is -0.578. The number of nitrogens with zero attached hydrogens (tertiary/aromatic N) is 2. The maximum Gasteiger partial charge on any atom is 0.522 e. The van der Waals surface area contributed by atoms with E-state index in [4.69, 9.17) is 4.74 Å². The standard InChI is InChI=1S/C16H18F3N3O4/c1-25-13(24)14-6-15(7-14,8-14)22-5-9(4-20-22)12(23)21-10-2-11(3-10)26-16(17,18)19/h4-5,10-11H,2-3,6-8H2,1H3,(H,21,23). The van der Waals surface area contributed by atoms with E-state index >= 15 is 0 Å². The lowest BCUT2D eigenvalue weighted by Crippen LogP contribution is -2.71. The molecule has 0 unspecified atom stereocenters. The number of carbonyl (C=O) groups excluding carboxylic acids is 2. The van der Waals surface area contributed by atoms with Gasteiger partial charge in [-0.2, -0.15) is 5.10 Å². The molecule has 0 spiro atoms. The predicted octanol–water partition coefficient (Wildman–Crippen LogP) is 1.73. The number of ether oxygens (including phenoxy) is 2. The van der Waals surface area contributed by atoms with E-state index < -0.39 is 17.9 Å². The summed E-state index contributed by atoms with van der Waals surface area (Å²) in [5, 5.41) is 6.91.